The molecule has 2 saturated heterocycles. The van der Waals surface area contributed by atoms with Crippen molar-refractivity contribution in [3.05, 3.63) is 71.8 Å². The fourth-order valence-corrected chi connectivity index (χ4v) is 5.69. The zero-order chi connectivity index (χ0) is 31.0. The molecule has 2 aromatic carbocycles. The summed E-state index contributed by atoms with van der Waals surface area (Å²) >= 11 is 0. The predicted octanol–water partition coefficient (Wildman–Crippen LogP) is 2.84. The number of benzene rings is 2. The SMILES string of the molecule is CNC1CCN(C(=O)N[C@@H](Cc2ccccc2)C(=O)N2CCC[C@H]2C(=O)N[C@@H](Cc2ccccc2)C(=O)C(F)(F)F)CC1. The van der Waals surface area contributed by atoms with Crippen LogP contribution in [0.25, 0.3) is 0 Å². The van der Waals surface area contributed by atoms with E-state index in [0.717, 1.165) is 18.4 Å². The second-order valence-electron chi connectivity index (χ2n) is 11.0. The van der Waals surface area contributed by atoms with Crippen LogP contribution in [0.4, 0.5) is 18.0 Å². The number of amides is 4. The van der Waals surface area contributed by atoms with E-state index in [-0.39, 0.29) is 31.8 Å². The van der Waals surface area contributed by atoms with E-state index in [9.17, 15) is 32.3 Å². The Hall–Kier alpha value is -3.93. The maximum absolute atomic E-state index is 13.9. The Bertz CT molecular complexity index is 1250. The molecule has 2 fully saturated rings. The van der Waals surface area contributed by atoms with Crippen LogP contribution in [0.2, 0.25) is 0 Å². The van der Waals surface area contributed by atoms with Gasteiger partial charge < -0.3 is 25.8 Å². The summed E-state index contributed by atoms with van der Waals surface area (Å²) in [6, 6.07) is 13.2. The molecule has 4 amide bonds. The Kier molecular flexibility index (Phi) is 10.8. The number of nitrogens with zero attached hydrogens (tertiary/aromatic N) is 2. The summed E-state index contributed by atoms with van der Waals surface area (Å²) in [5, 5.41) is 8.35. The topological polar surface area (TPSA) is 111 Å². The van der Waals surface area contributed by atoms with Gasteiger partial charge >= 0.3 is 12.2 Å². The molecule has 2 heterocycles. The van der Waals surface area contributed by atoms with Gasteiger partial charge in [0.05, 0.1) is 0 Å². The van der Waals surface area contributed by atoms with Crippen molar-refractivity contribution in [1.29, 1.82) is 0 Å². The number of likely N-dealkylation sites (tertiary alicyclic amines) is 2. The standard InChI is InChI=1S/C31H38F3N5O4/c1-35-23-14-17-38(18-15-23)30(43)37-25(20-22-11-6-3-7-12-22)29(42)39-16-8-13-26(39)28(41)36-24(27(40)31(32,33)34)19-21-9-4-2-5-10-21/h2-7,9-12,23-26,35H,8,13-20H2,1H3,(H,36,41)(H,37,43)/t24-,25-,26-/m0/s1. The molecular weight excluding hydrogens is 563 g/mol. The molecule has 4 rings (SSSR count). The lowest BCUT2D eigenvalue weighted by atomic mass is 10.0. The highest BCUT2D eigenvalue weighted by atomic mass is 19.4. The molecule has 43 heavy (non-hydrogen) atoms. The molecule has 0 spiro atoms. The maximum atomic E-state index is 13.9. The van der Waals surface area contributed by atoms with E-state index in [2.05, 4.69) is 16.0 Å². The first-order valence-electron chi connectivity index (χ1n) is 14.6. The Balaban J connectivity index is 1.50. The van der Waals surface area contributed by atoms with Crippen molar-refractivity contribution in [3.8, 4) is 0 Å². The van der Waals surface area contributed by atoms with E-state index in [4.69, 9.17) is 0 Å². The summed E-state index contributed by atoms with van der Waals surface area (Å²) in [6.07, 6.45) is -3.10. The van der Waals surface area contributed by atoms with Crippen molar-refractivity contribution < 1.29 is 32.3 Å². The van der Waals surface area contributed by atoms with Crippen LogP contribution in [0.3, 0.4) is 0 Å². The van der Waals surface area contributed by atoms with Crippen LogP contribution in [0.5, 0.6) is 0 Å². The molecule has 0 saturated carbocycles. The number of hydrogen-bond donors (Lipinski definition) is 3. The van der Waals surface area contributed by atoms with Crippen LogP contribution in [0.15, 0.2) is 60.7 Å². The second kappa shape index (κ2) is 14.5. The summed E-state index contributed by atoms with van der Waals surface area (Å²) in [5.74, 6) is -3.39. The highest BCUT2D eigenvalue weighted by Crippen LogP contribution is 2.23. The molecule has 3 atom stereocenters. The number of piperidine rings is 1. The van der Waals surface area contributed by atoms with E-state index in [0.29, 0.717) is 31.1 Å². The minimum Gasteiger partial charge on any atom is -0.344 e. The first kappa shape index (κ1) is 32.0. The smallest absolute Gasteiger partial charge is 0.344 e. The number of nitrogens with one attached hydrogen (secondary N) is 3. The van der Waals surface area contributed by atoms with Crippen LogP contribution >= 0.6 is 0 Å². The van der Waals surface area contributed by atoms with Gasteiger partial charge in [-0.2, -0.15) is 13.2 Å². The first-order valence-corrected chi connectivity index (χ1v) is 14.6. The number of carbonyl (C=O) groups is 4. The van der Waals surface area contributed by atoms with E-state index in [1.807, 2.05) is 37.4 Å². The molecule has 0 bridgehead atoms. The molecule has 3 N–H and O–H groups in total. The van der Waals surface area contributed by atoms with Gasteiger partial charge in [0.1, 0.15) is 18.1 Å². The van der Waals surface area contributed by atoms with Crippen LogP contribution in [0.1, 0.15) is 36.8 Å². The summed E-state index contributed by atoms with van der Waals surface area (Å²) in [4.78, 5) is 55.8. The van der Waals surface area contributed by atoms with Gasteiger partial charge in [-0.3, -0.25) is 14.4 Å². The van der Waals surface area contributed by atoms with Crippen LogP contribution in [-0.2, 0) is 27.2 Å². The number of urea groups is 1. The summed E-state index contributed by atoms with van der Waals surface area (Å²) in [7, 11) is 1.88. The molecular formula is C31H38F3N5O4. The van der Waals surface area contributed by atoms with Crippen molar-refractivity contribution >= 4 is 23.6 Å². The molecule has 0 unspecified atom stereocenters. The van der Waals surface area contributed by atoms with E-state index >= 15 is 0 Å². The van der Waals surface area contributed by atoms with Gasteiger partial charge in [-0.15, -0.1) is 0 Å². The fraction of sp³-hybridized carbons (Fsp3) is 0.484. The number of Topliss-reactive ketones (excluding diaryl/α,β-unsaturated/α-hetero) is 1. The monoisotopic (exact) mass is 601 g/mol. The normalized spacial score (nSPS) is 19.0. The third-order valence-electron chi connectivity index (χ3n) is 8.10. The lowest BCUT2D eigenvalue weighted by molar-refractivity contribution is -0.173. The van der Waals surface area contributed by atoms with Crippen molar-refractivity contribution in [2.75, 3.05) is 26.7 Å². The average molecular weight is 602 g/mol. The Labute approximate surface area is 249 Å². The third kappa shape index (κ3) is 8.56. The van der Waals surface area contributed by atoms with Crippen molar-refractivity contribution in [1.82, 2.24) is 25.8 Å². The number of carbonyl (C=O) groups excluding carboxylic acids is 4. The number of rotatable bonds is 10. The quantitative estimate of drug-likeness (QED) is 0.388. The number of ketones is 1. The fourth-order valence-electron chi connectivity index (χ4n) is 5.69. The maximum Gasteiger partial charge on any atom is 0.452 e. The molecule has 232 valence electrons. The first-order chi connectivity index (χ1) is 20.6. The highest BCUT2D eigenvalue weighted by Gasteiger charge is 2.45. The van der Waals surface area contributed by atoms with Gasteiger partial charge in [-0.25, -0.2) is 4.79 Å². The van der Waals surface area contributed by atoms with Crippen LogP contribution in [0, 0.1) is 0 Å². The Morgan fingerprint density at radius 3 is 1.91 bits per heavy atom. The predicted molar refractivity (Wildman–Crippen MR) is 154 cm³/mol. The summed E-state index contributed by atoms with van der Waals surface area (Å²) in [5.41, 5.74) is 1.25. The molecule has 0 aromatic heterocycles. The number of halogens is 3. The molecule has 2 aliphatic rings. The average Bonchev–Trinajstić information content (AvgIpc) is 3.50. The molecule has 0 radical (unpaired) electrons. The van der Waals surface area contributed by atoms with Gasteiger partial charge in [-0.1, -0.05) is 60.7 Å². The van der Waals surface area contributed by atoms with Gasteiger partial charge in [0.2, 0.25) is 11.8 Å². The third-order valence-corrected chi connectivity index (χ3v) is 8.10. The molecule has 9 nitrogen and oxygen atoms in total. The van der Waals surface area contributed by atoms with E-state index in [1.54, 1.807) is 35.2 Å². The van der Waals surface area contributed by atoms with Crippen LogP contribution < -0.4 is 16.0 Å². The number of alkyl halides is 3. The largest absolute Gasteiger partial charge is 0.452 e. The minimum absolute atomic E-state index is 0.173. The molecule has 0 aliphatic carbocycles. The van der Waals surface area contributed by atoms with Crippen molar-refractivity contribution in [2.24, 2.45) is 0 Å². The van der Waals surface area contributed by atoms with Gasteiger partial charge in [-0.05, 0) is 43.9 Å². The van der Waals surface area contributed by atoms with Gasteiger partial charge in [0, 0.05) is 38.5 Å². The zero-order valence-electron chi connectivity index (χ0n) is 24.1. The van der Waals surface area contributed by atoms with Gasteiger partial charge in [0.25, 0.3) is 5.78 Å². The highest BCUT2D eigenvalue weighted by molar-refractivity contribution is 5.96. The molecule has 12 heteroatoms. The van der Waals surface area contributed by atoms with Crippen LogP contribution in [-0.4, -0.2) is 90.5 Å². The van der Waals surface area contributed by atoms with E-state index < -0.39 is 41.9 Å². The van der Waals surface area contributed by atoms with Crippen molar-refractivity contribution in [2.45, 2.75) is 68.9 Å². The lowest BCUT2D eigenvalue weighted by Crippen LogP contribution is -2.58. The molecule has 2 aromatic rings. The number of hydrogen-bond acceptors (Lipinski definition) is 5. The summed E-state index contributed by atoms with van der Waals surface area (Å²) < 4.78 is 40.4. The molecule has 2 aliphatic heterocycles. The lowest BCUT2D eigenvalue weighted by Gasteiger charge is -2.34. The Morgan fingerprint density at radius 1 is 0.814 bits per heavy atom. The summed E-state index contributed by atoms with van der Waals surface area (Å²) in [6.45, 7) is 1.24. The second-order valence-corrected chi connectivity index (χ2v) is 11.0. The van der Waals surface area contributed by atoms with Gasteiger partial charge in [0.15, 0.2) is 0 Å². The van der Waals surface area contributed by atoms with Crippen molar-refractivity contribution in [3.63, 3.8) is 0 Å². The minimum atomic E-state index is -5.15. The zero-order valence-corrected chi connectivity index (χ0v) is 24.1. The van der Waals surface area contributed by atoms with E-state index in [1.165, 1.54) is 4.90 Å². The Morgan fingerprint density at radius 2 is 1.37 bits per heavy atom.